The molecule has 0 radical (unpaired) electrons. The quantitative estimate of drug-likeness (QED) is 0.722. The Morgan fingerprint density at radius 3 is 2.62 bits per heavy atom. The van der Waals surface area contributed by atoms with Crippen molar-refractivity contribution in [1.82, 2.24) is 10.6 Å². The number of nitrogens with one attached hydrogen (secondary N) is 2. The van der Waals surface area contributed by atoms with Crippen molar-refractivity contribution in [3.63, 3.8) is 0 Å². The number of piperidine rings is 1. The van der Waals surface area contributed by atoms with E-state index in [9.17, 15) is 4.79 Å². The molecule has 1 rings (SSSR count). The van der Waals surface area contributed by atoms with Crippen LogP contribution in [0.1, 0.15) is 25.7 Å². The Balaban J connectivity index is 0.00000144. The van der Waals surface area contributed by atoms with Gasteiger partial charge in [-0.3, -0.25) is 4.79 Å². The normalized spacial score (nSPS) is 17.6. The largest absolute Gasteiger partial charge is 0.359 e. The van der Waals surface area contributed by atoms with E-state index in [0.717, 1.165) is 25.4 Å². The van der Waals surface area contributed by atoms with Gasteiger partial charge in [0.1, 0.15) is 0 Å². The molecule has 1 fully saturated rings. The lowest BCUT2D eigenvalue weighted by atomic mass is 9.93. The van der Waals surface area contributed by atoms with Gasteiger partial charge in [-0.05, 0) is 38.3 Å². The second-order valence-corrected chi connectivity index (χ2v) is 3.41. The fraction of sp³-hybridized carbons (Fsp3) is 0.889. The summed E-state index contributed by atoms with van der Waals surface area (Å²) in [7, 11) is 1.70. The van der Waals surface area contributed by atoms with E-state index >= 15 is 0 Å². The number of amides is 1. The minimum absolute atomic E-state index is 0. The smallest absolute Gasteiger partial charge is 0.219 e. The monoisotopic (exact) mass is 206 g/mol. The average Bonchev–Trinajstić information content (AvgIpc) is 2.16. The predicted molar refractivity (Wildman–Crippen MR) is 56.1 cm³/mol. The molecule has 78 valence electrons. The Morgan fingerprint density at radius 1 is 1.46 bits per heavy atom. The SMILES string of the molecule is CNC(=O)CCC1CCNCC1.Cl. The molecule has 1 aliphatic rings. The minimum atomic E-state index is 0. The number of carbonyl (C=O) groups is 1. The fourth-order valence-electron chi connectivity index (χ4n) is 1.63. The second kappa shape index (κ2) is 7.15. The molecule has 0 unspecified atom stereocenters. The summed E-state index contributed by atoms with van der Waals surface area (Å²) in [5.41, 5.74) is 0. The first-order chi connectivity index (χ1) is 5.83. The van der Waals surface area contributed by atoms with Gasteiger partial charge in [-0.25, -0.2) is 0 Å². The maximum absolute atomic E-state index is 10.9. The van der Waals surface area contributed by atoms with Gasteiger partial charge in [-0.15, -0.1) is 12.4 Å². The van der Waals surface area contributed by atoms with Crippen molar-refractivity contribution in [2.75, 3.05) is 20.1 Å². The van der Waals surface area contributed by atoms with E-state index in [-0.39, 0.29) is 18.3 Å². The maximum Gasteiger partial charge on any atom is 0.219 e. The molecule has 0 aromatic heterocycles. The molecule has 0 bridgehead atoms. The van der Waals surface area contributed by atoms with Crippen molar-refractivity contribution in [3.05, 3.63) is 0 Å². The van der Waals surface area contributed by atoms with Gasteiger partial charge in [0.2, 0.25) is 5.91 Å². The molecule has 0 aliphatic carbocycles. The van der Waals surface area contributed by atoms with Gasteiger partial charge in [0, 0.05) is 13.5 Å². The molecule has 2 N–H and O–H groups in total. The van der Waals surface area contributed by atoms with E-state index < -0.39 is 0 Å². The zero-order valence-corrected chi connectivity index (χ0v) is 8.95. The van der Waals surface area contributed by atoms with Crippen molar-refractivity contribution < 1.29 is 4.79 Å². The Bertz CT molecular complexity index is 147. The third kappa shape index (κ3) is 5.11. The van der Waals surface area contributed by atoms with Crippen LogP contribution in [0.2, 0.25) is 0 Å². The van der Waals surface area contributed by atoms with E-state index in [0.29, 0.717) is 6.42 Å². The average molecular weight is 207 g/mol. The topological polar surface area (TPSA) is 41.1 Å². The molecule has 0 saturated carbocycles. The van der Waals surface area contributed by atoms with Gasteiger partial charge in [0.05, 0.1) is 0 Å². The van der Waals surface area contributed by atoms with Crippen molar-refractivity contribution in [1.29, 1.82) is 0 Å². The van der Waals surface area contributed by atoms with Crippen LogP contribution in [0.4, 0.5) is 0 Å². The highest BCUT2D eigenvalue weighted by molar-refractivity contribution is 5.85. The summed E-state index contributed by atoms with van der Waals surface area (Å²) >= 11 is 0. The summed E-state index contributed by atoms with van der Waals surface area (Å²) < 4.78 is 0. The Hall–Kier alpha value is -0.280. The van der Waals surface area contributed by atoms with Gasteiger partial charge >= 0.3 is 0 Å². The molecule has 0 spiro atoms. The lowest BCUT2D eigenvalue weighted by Gasteiger charge is -2.21. The van der Waals surface area contributed by atoms with Crippen LogP contribution in [-0.4, -0.2) is 26.0 Å². The van der Waals surface area contributed by atoms with Crippen molar-refractivity contribution in [2.45, 2.75) is 25.7 Å². The number of rotatable bonds is 3. The molecule has 0 aromatic rings. The van der Waals surface area contributed by atoms with Gasteiger partial charge in [0.15, 0.2) is 0 Å². The van der Waals surface area contributed by atoms with Gasteiger partial charge in [-0.2, -0.15) is 0 Å². The van der Waals surface area contributed by atoms with Crippen LogP contribution in [0.3, 0.4) is 0 Å². The van der Waals surface area contributed by atoms with Crippen molar-refractivity contribution in [2.24, 2.45) is 5.92 Å². The molecule has 4 heteroatoms. The summed E-state index contributed by atoms with van der Waals surface area (Å²) in [6.07, 6.45) is 4.22. The first kappa shape index (κ1) is 12.7. The van der Waals surface area contributed by atoms with E-state index in [1.807, 2.05) is 0 Å². The highest BCUT2D eigenvalue weighted by Gasteiger charge is 2.13. The van der Waals surface area contributed by atoms with Gasteiger partial charge < -0.3 is 10.6 Å². The molecule has 3 nitrogen and oxygen atoms in total. The van der Waals surface area contributed by atoms with E-state index in [1.54, 1.807) is 7.05 Å². The summed E-state index contributed by atoms with van der Waals surface area (Å²) in [4.78, 5) is 10.9. The lowest BCUT2D eigenvalue weighted by molar-refractivity contribution is -0.120. The second-order valence-electron chi connectivity index (χ2n) is 3.41. The summed E-state index contributed by atoms with van der Waals surface area (Å²) in [6, 6.07) is 0. The zero-order valence-electron chi connectivity index (χ0n) is 8.14. The molecule has 1 saturated heterocycles. The molecule has 1 heterocycles. The molecule has 1 aliphatic heterocycles. The Morgan fingerprint density at radius 2 is 2.08 bits per heavy atom. The van der Waals surface area contributed by atoms with E-state index in [4.69, 9.17) is 0 Å². The maximum atomic E-state index is 10.9. The highest BCUT2D eigenvalue weighted by Crippen LogP contribution is 2.17. The predicted octanol–water partition coefficient (Wildman–Crippen LogP) is 0.934. The molecular formula is C9H19ClN2O. The van der Waals surface area contributed by atoms with Crippen LogP contribution >= 0.6 is 12.4 Å². The number of halogens is 1. The number of carbonyl (C=O) groups excluding carboxylic acids is 1. The zero-order chi connectivity index (χ0) is 8.81. The fourth-order valence-corrected chi connectivity index (χ4v) is 1.63. The van der Waals surface area contributed by atoms with E-state index in [1.165, 1.54) is 12.8 Å². The molecule has 1 amide bonds. The molecule has 13 heavy (non-hydrogen) atoms. The van der Waals surface area contributed by atoms with Crippen LogP contribution in [0.5, 0.6) is 0 Å². The van der Waals surface area contributed by atoms with Crippen molar-refractivity contribution >= 4 is 18.3 Å². The van der Waals surface area contributed by atoms with Gasteiger partial charge in [-0.1, -0.05) is 0 Å². The third-order valence-electron chi connectivity index (χ3n) is 2.52. The summed E-state index contributed by atoms with van der Waals surface area (Å²) in [5, 5.41) is 5.97. The molecule has 0 aromatic carbocycles. The Labute approximate surface area is 86.1 Å². The minimum Gasteiger partial charge on any atom is -0.359 e. The van der Waals surface area contributed by atoms with Gasteiger partial charge in [0.25, 0.3) is 0 Å². The summed E-state index contributed by atoms with van der Waals surface area (Å²) in [5.74, 6) is 0.942. The van der Waals surface area contributed by atoms with E-state index in [2.05, 4.69) is 10.6 Å². The van der Waals surface area contributed by atoms with Crippen LogP contribution in [-0.2, 0) is 4.79 Å². The summed E-state index contributed by atoms with van der Waals surface area (Å²) in [6.45, 7) is 2.25. The van der Waals surface area contributed by atoms with Crippen LogP contribution in [0.15, 0.2) is 0 Å². The standard InChI is InChI=1S/C9H18N2O.ClH/c1-10-9(12)3-2-8-4-6-11-7-5-8;/h8,11H,2-7H2,1H3,(H,10,12);1H. The number of hydrogen-bond donors (Lipinski definition) is 2. The van der Waals surface area contributed by atoms with Crippen LogP contribution < -0.4 is 10.6 Å². The van der Waals surface area contributed by atoms with Crippen LogP contribution in [0.25, 0.3) is 0 Å². The lowest BCUT2D eigenvalue weighted by Crippen LogP contribution is -2.28. The first-order valence-corrected chi connectivity index (χ1v) is 4.74. The third-order valence-corrected chi connectivity index (χ3v) is 2.52. The van der Waals surface area contributed by atoms with Crippen LogP contribution in [0, 0.1) is 5.92 Å². The molecule has 0 atom stereocenters. The highest BCUT2D eigenvalue weighted by atomic mass is 35.5. The first-order valence-electron chi connectivity index (χ1n) is 4.74. The number of hydrogen-bond acceptors (Lipinski definition) is 2. The van der Waals surface area contributed by atoms with Crippen molar-refractivity contribution in [3.8, 4) is 0 Å². The molecular weight excluding hydrogens is 188 g/mol. The Kier molecular flexibility index (Phi) is 7.00.